The second kappa shape index (κ2) is 7.22. The van der Waals surface area contributed by atoms with Gasteiger partial charge in [-0.25, -0.2) is 0 Å². The lowest BCUT2D eigenvalue weighted by Crippen LogP contribution is -2.17. The van der Waals surface area contributed by atoms with E-state index in [1.54, 1.807) is 0 Å². The van der Waals surface area contributed by atoms with Crippen LogP contribution in [0.4, 0.5) is 0 Å². The number of hydrogen-bond acceptors (Lipinski definition) is 2. The molecule has 2 heteroatoms. The second-order valence-corrected chi connectivity index (χ2v) is 4.81. The third-order valence-corrected chi connectivity index (χ3v) is 3.21. The van der Waals surface area contributed by atoms with Crippen molar-refractivity contribution in [1.82, 2.24) is 5.32 Å². The maximum absolute atomic E-state index is 5.79. The van der Waals surface area contributed by atoms with Crippen LogP contribution in [0.1, 0.15) is 38.4 Å². The third kappa shape index (κ3) is 3.88. The number of aryl methyl sites for hydroxylation is 1. The van der Waals surface area contributed by atoms with Gasteiger partial charge in [0.25, 0.3) is 0 Å². The van der Waals surface area contributed by atoms with E-state index in [0.717, 1.165) is 37.3 Å². The van der Waals surface area contributed by atoms with Crippen molar-refractivity contribution in [3.05, 3.63) is 36.1 Å². The second-order valence-electron chi connectivity index (χ2n) is 4.81. The molecule has 0 spiro atoms. The summed E-state index contributed by atoms with van der Waals surface area (Å²) in [5.74, 6) is 1.10. The molecular formula is C16H23NO. The minimum atomic E-state index is 1.00. The van der Waals surface area contributed by atoms with E-state index in [2.05, 4.69) is 30.4 Å². The van der Waals surface area contributed by atoms with Crippen LogP contribution in [0.15, 0.2) is 34.7 Å². The maximum Gasteiger partial charge on any atom is 0.134 e. The molecule has 0 fully saturated rings. The highest BCUT2D eigenvalue weighted by molar-refractivity contribution is 5.77. The molecule has 2 rings (SSSR count). The average molecular weight is 245 g/mol. The van der Waals surface area contributed by atoms with Crippen LogP contribution >= 0.6 is 0 Å². The van der Waals surface area contributed by atoms with Gasteiger partial charge in [0.15, 0.2) is 0 Å². The van der Waals surface area contributed by atoms with Crippen LogP contribution < -0.4 is 5.32 Å². The molecule has 0 saturated carbocycles. The van der Waals surface area contributed by atoms with Crippen molar-refractivity contribution in [2.45, 2.75) is 39.0 Å². The highest BCUT2D eigenvalue weighted by Crippen LogP contribution is 2.19. The largest absolute Gasteiger partial charge is 0.461 e. The molecule has 0 aliphatic rings. The molecule has 18 heavy (non-hydrogen) atoms. The Morgan fingerprint density at radius 3 is 2.72 bits per heavy atom. The first-order chi connectivity index (χ1) is 8.90. The molecule has 1 aromatic carbocycles. The van der Waals surface area contributed by atoms with Crippen molar-refractivity contribution in [3.63, 3.8) is 0 Å². The monoisotopic (exact) mass is 245 g/mol. The Balaban J connectivity index is 1.67. The van der Waals surface area contributed by atoms with E-state index >= 15 is 0 Å². The zero-order valence-electron chi connectivity index (χ0n) is 11.2. The molecule has 98 valence electrons. The fourth-order valence-electron chi connectivity index (χ4n) is 2.17. The van der Waals surface area contributed by atoms with Crippen molar-refractivity contribution < 1.29 is 4.42 Å². The molecule has 0 unspecified atom stereocenters. The summed E-state index contributed by atoms with van der Waals surface area (Å²) in [5, 5.41) is 4.69. The standard InChI is InChI=1S/C16H23NO/c1-2-3-6-11-17-12-7-9-15-13-14-8-4-5-10-16(14)18-15/h4-5,8,10,13,17H,2-3,6-7,9,11-12H2,1H3. The Morgan fingerprint density at radius 2 is 1.89 bits per heavy atom. The number of benzene rings is 1. The first-order valence-electron chi connectivity index (χ1n) is 7.08. The number of nitrogens with one attached hydrogen (secondary N) is 1. The molecule has 2 nitrogen and oxygen atoms in total. The molecule has 0 atom stereocenters. The topological polar surface area (TPSA) is 25.2 Å². The molecule has 0 saturated heterocycles. The lowest BCUT2D eigenvalue weighted by molar-refractivity contribution is 0.524. The SMILES string of the molecule is CCCCCNCCCc1cc2ccccc2o1. The quantitative estimate of drug-likeness (QED) is 0.707. The lowest BCUT2D eigenvalue weighted by atomic mass is 10.2. The highest BCUT2D eigenvalue weighted by atomic mass is 16.3. The Bertz CT molecular complexity index is 428. The average Bonchev–Trinajstić information content (AvgIpc) is 2.80. The molecule has 1 aromatic heterocycles. The number of para-hydroxylation sites is 1. The van der Waals surface area contributed by atoms with Gasteiger partial charge in [0.05, 0.1) is 0 Å². The van der Waals surface area contributed by atoms with Gasteiger partial charge in [0, 0.05) is 11.8 Å². The predicted octanol–water partition coefficient (Wildman–Crippen LogP) is 4.15. The number of unbranched alkanes of at least 4 members (excludes halogenated alkanes) is 2. The molecule has 0 bridgehead atoms. The van der Waals surface area contributed by atoms with E-state index in [-0.39, 0.29) is 0 Å². The summed E-state index contributed by atoms with van der Waals surface area (Å²) < 4.78 is 5.79. The molecule has 2 aromatic rings. The van der Waals surface area contributed by atoms with Crippen molar-refractivity contribution in [3.8, 4) is 0 Å². The Kier molecular flexibility index (Phi) is 5.28. The first-order valence-corrected chi connectivity index (χ1v) is 7.08. The number of rotatable bonds is 8. The van der Waals surface area contributed by atoms with E-state index < -0.39 is 0 Å². The fraction of sp³-hybridized carbons (Fsp3) is 0.500. The van der Waals surface area contributed by atoms with Gasteiger partial charge in [0.2, 0.25) is 0 Å². The summed E-state index contributed by atoms with van der Waals surface area (Å²) in [6.07, 6.45) is 6.08. The van der Waals surface area contributed by atoms with Gasteiger partial charge < -0.3 is 9.73 Å². The van der Waals surface area contributed by atoms with Gasteiger partial charge in [0.1, 0.15) is 11.3 Å². The minimum absolute atomic E-state index is 1.00. The van der Waals surface area contributed by atoms with Crippen LogP contribution in [-0.4, -0.2) is 13.1 Å². The lowest BCUT2D eigenvalue weighted by Gasteiger charge is -2.02. The smallest absolute Gasteiger partial charge is 0.134 e. The zero-order valence-corrected chi connectivity index (χ0v) is 11.2. The van der Waals surface area contributed by atoms with Crippen LogP contribution in [0, 0.1) is 0 Å². The molecular weight excluding hydrogens is 222 g/mol. The maximum atomic E-state index is 5.79. The summed E-state index contributed by atoms with van der Waals surface area (Å²) in [6, 6.07) is 10.4. The van der Waals surface area contributed by atoms with Crippen molar-refractivity contribution >= 4 is 11.0 Å². The van der Waals surface area contributed by atoms with Gasteiger partial charge in [-0.3, -0.25) is 0 Å². The van der Waals surface area contributed by atoms with Crippen LogP contribution in [0.5, 0.6) is 0 Å². The van der Waals surface area contributed by atoms with E-state index in [1.165, 1.54) is 24.6 Å². The summed E-state index contributed by atoms with van der Waals surface area (Å²) in [4.78, 5) is 0. The Morgan fingerprint density at radius 1 is 1.06 bits per heavy atom. The van der Waals surface area contributed by atoms with Crippen LogP contribution in [0.3, 0.4) is 0 Å². The molecule has 0 aliphatic heterocycles. The molecule has 0 radical (unpaired) electrons. The van der Waals surface area contributed by atoms with Crippen LogP contribution in [0.25, 0.3) is 11.0 Å². The zero-order chi connectivity index (χ0) is 12.6. The molecule has 1 heterocycles. The summed E-state index contributed by atoms with van der Waals surface area (Å²) in [6.45, 7) is 4.47. The predicted molar refractivity (Wildman–Crippen MR) is 76.9 cm³/mol. The molecule has 1 N–H and O–H groups in total. The number of hydrogen-bond donors (Lipinski definition) is 1. The highest BCUT2D eigenvalue weighted by Gasteiger charge is 2.02. The van der Waals surface area contributed by atoms with Crippen LogP contribution in [-0.2, 0) is 6.42 Å². The molecule has 0 amide bonds. The first kappa shape index (κ1) is 13.2. The van der Waals surface area contributed by atoms with E-state index in [4.69, 9.17) is 4.42 Å². The van der Waals surface area contributed by atoms with Crippen molar-refractivity contribution in [1.29, 1.82) is 0 Å². The summed E-state index contributed by atoms with van der Waals surface area (Å²) >= 11 is 0. The van der Waals surface area contributed by atoms with Gasteiger partial charge in [-0.05, 0) is 38.1 Å². The van der Waals surface area contributed by atoms with Crippen molar-refractivity contribution in [2.75, 3.05) is 13.1 Å². The van der Waals surface area contributed by atoms with E-state index in [1.807, 2.05) is 12.1 Å². The minimum Gasteiger partial charge on any atom is -0.461 e. The number of fused-ring (bicyclic) bond motifs is 1. The van der Waals surface area contributed by atoms with E-state index in [9.17, 15) is 0 Å². The third-order valence-electron chi connectivity index (χ3n) is 3.21. The number of furan rings is 1. The summed E-state index contributed by atoms with van der Waals surface area (Å²) in [7, 11) is 0. The van der Waals surface area contributed by atoms with Crippen molar-refractivity contribution in [2.24, 2.45) is 0 Å². The van der Waals surface area contributed by atoms with Gasteiger partial charge in [-0.1, -0.05) is 38.0 Å². The normalized spacial score (nSPS) is 11.2. The Labute approximate surface area is 109 Å². The summed E-state index contributed by atoms with van der Waals surface area (Å²) in [5.41, 5.74) is 1.00. The van der Waals surface area contributed by atoms with Gasteiger partial charge in [-0.15, -0.1) is 0 Å². The molecule has 0 aliphatic carbocycles. The van der Waals surface area contributed by atoms with E-state index in [0.29, 0.717) is 0 Å². The van der Waals surface area contributed by atoms with Gasteiger partial charge in [-0.2, -0.15) is 0 Å². The van der Waals surface area contributed by atoms with Crippen LogP contribution in [0.2, 0.25) is 0 Å². The van der Waals surface area contributed by atoms with Gasteiger partial charge >= 0.3 is 0 Å². The Hall–Kier alpha value is -1.28. The fourth-order valence-corrected chi connectivity index (χ4v) is 2.17.